The molecule has 0 fully saturated rings. The van der Waals surface area contributed by atoms with Gasteiger partial charge >= 0.3 is 5.69 Å². The number of nitrogens with zero attached hydrogens (tertiary/aromatic N) is 2. The molecule has 0 aliphatic rings. The van der Waals surface area contributed by atoms with Crippen LogP contribution in [0, 0.1) is 16.4 Å². The summed E-state index contributed by atoms with van der Waals surface area (Å²) in [6.45, 7) is 0. The summed E-state index contributed by atoms with van der Waals surface area (Å²) >= 11 is 0. The zero-order valence-corrected chi connectivity index (χ0v) is 8.34. The molecule has 0 saturated heterocycles. The Morgan fingerprint density at radius 2 is 2.38 bits per heavy atom. The number of benzene rings is 1. The summed E-state index contributed by atoms with van der Waals surface area (Å²) < 4.78 is 9.51. The van der Waals surface area contributed by atoms with Crippen molar-refractivity contribution < 1.29 is 14.2 Å². The van der Waals surface area contributed by atoms with Gasteiger partial charge in [-0.05, 0) is 12.1 Å². The molecule has 0 saturated carbocycles. The van der Waals surface area contributed by atoms with Gasteiger partial charge in [-0.25, -0.2) is 0 Å². The Balaban J connectivity index is 2.49. The third-order valence-corrected chi connectivity index (χ3v) is 2.06. The maximum absolute atomic E-state index is 10.7. The molecule has 0 amide bonds. The van der Waals surface area contributed by atoms with Gasteiger partial charge in [0.05, 0.1) is 12.0 Å². The predicted octanol–water partition coefficient (Wildman–Crippen LogP) is 2.06. The molecule has 0 aliphatic heterocycles. The molecular formula is C10H7N2O4. The highest BCUT2D eigenvalue weighted by molar-refractivity contribution is 5.64. The van der Waals surface area contributed by atoms with Gasteiger partial charge in [0.25, 0.3) is 0 Å². The number of nitro groups is 1. The molecule has 1 aromatic heterocycles. The third-order valence-electron chi connectivity index (χ3n) is 2.06. The van der Waals surface area contributed by atoms with Gasteiger partial charge in [-0.3, -0.25) is 10.1 Å². The van der Waals surface area contributed by atoms with Crippen molar-refractivity contribution >= 4 is 5.69 Å². The summed E-state index contributed by atoms with van der Waals surface area (Å²) in [6.07, 6.45) is 2.44. The third kappa shape index (κ3) is 1.72. The Hall–Kier alpha value is -2.37. The second-order valence-electron chi connectivity index (χ2n) is 2.97. The molecule has 16 heavy (non-hydrogen) atoms. The van der Waals surface area contributed by atoms with Crippen LogP contribution in [0.3, 0.4) is 0 Å². The minimum atomic E-state index is -0.502. The van der Waals surface area contributed by atoms with Gasteiger partial charge in [-0.15, -0.1) is 0 Å². The van der Waals surface area contributed by atoms with E-state index in [1.54, 1.807) is 12.1 Å². The van der Waals surface area contributed by atoms with E-state index in [1.165, 1.54) is 19.2 Å². The van der Waals surface area contributed by atoms with Crippen LogP contribution in [-0.4, -0.2) is 17.2 Å². The van der Waals surface area contributed by atoms with E-state index in [-0.39, 0.29) is 11.4 Å². The molecule has 0 bridgehead atoms. The first-order valence-electron chi connectivity index (χ1n) is 4.38. The molecule has 0 spiro atoms. The molecule has 0 atom stereocenters. The molecule has 6 nitrogen and oxygen atoms in total. The zero-order chi connectivity index (χ0) is 11.5. The van der Waals surface area contributed by atoms with E-state index in [9.17, 15) is 10.1 Å². The first-order chi connectivity index (χ1) is 7.72. The highest BCUT2D eigenvalue weighted by Crippen LogP contribution is 2.31. The fraction of sp³-hybridized carbons (Fsp3) is 0.100. The van der Waals surface area contributed by atoms with E-state index < -0.39 is 4.92 Å². The van der Waals surface area contributed by atoms with Crippen LogP contribution < -0.4 is 4.74 Å². The van der Waals surface area contributed by atoms with Crippen molar-refractivity contribution in [2.75, 3.05) is 7.11 Å². The lowest BCUT2D eigenvalue weighted by Gasteiger charge is -2.02. The number of hydrogen-bond acceptors (Lipinski definition) is 5. The summed E-state index contributed by atoms with van der Waals surface area (Å²) in [6, 6.07) is 6.01. The summed E-state index contributed by atoms with van der Waals surface area (Å²) in [7, 11) is 1.38. The van der Waals surface area contributed by atoms with E-state index in [1.807, 2.05) is 0 Å². The lowest BCUT2D eigenvalue weighted by atomic mass is 10.1. The molecule has 81 valence electrons. The van der Waals surface area contributed by atoms with E-state index in [0.717, 1.165) is 0 Å². The Morgan fingerprint density at radius 3 is 2.94 bits per heavy atom. The van der Waals surface area contributed by atoms with E-state index in [0.29, 0.717) is 11.3 Å². The zero-order valence-electron chi connectivity index (χ0n) is 8.34. The topological polar surface area (TPSA) is 78.4 Å². The minimum Gasteiger partial charge on any atom is -0.490 e. The highest BCUT2D eigenvalue weighted by Gasteiger charge is 2.15. The maximum atomic E-state index is 10.7. The number of hydrogen-bond donors (Lipinski definition) is 0. The lowest BCUT2D eigenvalue weighted by Crippen LogP contribution is -1.93. The van der Waals surface area contributed by atoms with E-state index in [2.05, 4.69) is 15.9 Å². The van der Waals surface area contributed by atoms with Crippen LogP contribution in [0.2, 0.25) is 0 Å². The van der Waals surface area contributed by atoms with E-state index in [4.69, 9.17) is 4.74 Å². The van der Waals surface area contributed by atoms with Crippen LogP contribution in [0.15, 0.2) is 28.8 Å². The largest absolute Gasteiger partial charge is 0.490 e. The average molecular weight is 219 g/mol. The standard InChI is InChI=1S/C10H7N2O4/c1-15-10-6-7(8-4-5-16-11-8)2-3-9(10)12(13)14/h2-4,6H,1H3. The van der Waals surface area contributed by atoms with Gasteiger partial charge in [0.1, 0.15) is 5.69 Å². The molecule has 1 aromatic carbocycles. The van der Waals surface area contributed by atoms with Crippen LogP contribution in [0.4, 0.5) is 5.69 Å². The number of aromatic nitrogens is 1. The quantitative estimate of drug-likeness (QED) is 0.583. The van der Waals surface area contributed by atoms with Crippen molar-refractivity contribution in [2.24, 2.45) is 0 Å². The summed E-state index contributed by atoms with van der Waals surface area (Å²) in [5.74, 6) is 0.186. The SMILES string of the molecule is COc1cc(-c2c[c]on2)ccc1[N+](=O)[O-]. The first-order valence-corrected chi connectivity index (χ1v) is 4.38. The predicted molar refractivity (Wildman–Crippen MR) is 54.0 cm³/mol. The van der Waals surface area contributed by atoms with Crippen LogP contribution in [0.25, 0.3) is 11.3 Å². The first kappa shape index (κ1) is 10.2. The van der Waals surface area contributed by atoms with Crippen molar-refractivity contribution in [3.63, 3.8) is 0 Å². The normalized spacial score (nSPS) is 10.1. The fourth-order valence-corrected chi connectivity index (χ4v) is 1.31. The van der Waals surface area contributed by atoms with Crippen molar-refractivity contribution in [3.05, 3.63) is 40.6 Å². The summed E-state index contributed by atoms with van der Waals surface area (Å²) in [4.78, 5) is 10.2. The van der Waals surface area contributed by atoms with Crippen molar-refractivity contribution in [2.45, 2.75) is 0 Å². The van der Waals surface area contributed by atoms with Crippen molar-refractivity contribution in [3.8, 4) is 17.0 Å². The fourth-order valence-electron chi connectivity index (χ4n) is 1.31. The Labute approximate surface area is 90.6 Å². The maximum Gasteiger partial charge on any atom is 0.310 e. The van der Waals surface area contributed by atoms with Gasteiger partial charge in [0, 0.05) is 17.7 Å². The van der Waals surface area contributed by atoms with Crippen molar-refractivity contribution in [1.82, 2.24) is 5.16 Å². The molecular weight excluding hydrogens is 212 g/mol. The van der Waals surface area contributed by atoms with Crippen LogP contribution in [0.1, 0.15) is 0 Å². The van der Waals surface area contributed by atoms with E-state index >= 15 is 0 Å². The van der Waals surface area contributed by atoms with Crippen LogP contribution in [0.5, 0.6) is 5.75 Å². The number of rotatable bonds is 3. The molecule has 1 radical (unpaired) electrons. The highest BCUT2D eigenvalue weighted by atomic mass is 16.6. The van der Waals surface area contributed by atoms with Crippen LogP contribution in [-0.2, 0) is 0 Å². The Morgan fingerprint density at radius 1 is 1.56 bits per heavy atom. The monoisotopic (exact) mass is 219 g/mol. The van der Waals surface area contributed by atoms with Crippen LogP contribution >= 0.6 is 0 Å². The Kier molecular flexibility index (Phi) is 2.55. The van der Waals surface area contributed by atoms with Gasteiger partial charge in [0.2, 0.25) is 6.26 Å². The van der Waals surface area contributed by atoms with Gasteiger partial charge in [-0.1, -0.05) is 5.16 Å². The van der Waals surface area contributed by atoms with Crippen molar-refractivity contribution in [1.29, 1.82) is 0 Å². The Bertz CT molecular complexity index is 508. The van der Waals surface area contributed by atoms with Gasteiger partial charge in [0.15, 0.2) is 5.75 Å². The lowest BCUT2D eigenvalue weighted by molar-refractivity contribution is -0.385. The molecule has 0 unspecified atom stereocenters. The number of methoxy groups -OCH3 is 1. The molecule has 2 rings (SSSR count). The number of ether oxygens (including phenoxy) is 1. The minimum absolute atomic E-state index is 0.0845. The second kappa shape index (κ2) is 4.01. The molecule has 0 aliphatic carbocycles. The average Bonchev–Trinajstić information content (AvgIpc) is 2.81. The second-order valence-corrected chi connectivity index (χ2v) is 2.97. The van der Waals surface area contributed by atoms with Gasteiger partial charge in [-0.2, -0.15) is 0 Å². The van der Waals surface area contributed by atoms with Gasteiger partial charge < -0.3 is 9.26 Å². The smallest absolute Gasteiger partial charge is 0.310 e. The molecule has 0 N–H and O–H groups in total. The molecule has 2 aromatic rings. The summed E-state index contributed by atoms with van der Waals surface area (Å²) in [5.41, 5.74) is 1.14. The molecule has 1 heterocycles. The summed E-state index contributed by atoms with van der Waals surface area (Å²) in [5, 5.41) is 14.3. The number of nitro benzene ring substituents is 1. The molecule has 6 heteroatoms.